The lowest BCUT2D eigenvalue weighted by Crippen LogP contribution is -2.74. The van der Waals surface area contributed by atoms with E-state index in [2.05, 4.69) is 5.32 Å². The first-order valence-corrected chi connectivity index (χ1v) is 22.9. The van der Waals surface area contributed by atoms with Crippen LogP contribution in [0.4, 0.5) is 93.9 Å². The van der Waals surface area contributed by atoms with Crippen LogP contribution in [0.25, 0.3) is 0 Å². The Morgan fingerprint density at radius 1 is 0.671 bits per heavy atom. The average molecular weight is 1060 g/mol. The fourth-order valence-corrected chi connectivity index (χ4v) is 11.4. The summed E-state index contributed by atoms with van der Waals surface area (Å²) in [6, 6.07) is 6.42. The van der Waals surface area contributed by atoms with Crippen LogP contribution in [0.5, 0.6) is 5.75 Å². The van der Waals surface area contributed by atoms with Gasteiger partial charge in [0.15, 0.2) is 8.32 Å². The van der Waals surface area contributed by atoms with E-state index in [-0.39, 0.29) is 17.9 Å². The summed E-state index contributed by atoms with van der Waals surface area (Å²) in [6.07, 6.45) is -10.0. The number of alkyl halides is 17. The lowest BCUT2D eigenvalue weighted by Gasteiger charge is -2.44. The molecule has 2 atom stereocenters. The predicted octanol–water partition coefficient (Wildman–Crippen LogP) is 14.9. The van der Waals surface area contributed by atoms with Crippen LogP contribution in [0.3, 0.4) is 0 Å². The highest BCUT2D eigenvalue weighted by Gasteiger charge is 2.95. The highest BCUT2D eigenvalue weighted by molar-refractivity contribution is 6.76. The number of carbonyl (C=O) groups excluding carboxylic acids is 2. The van der Waals surface area contributed by atoms with Gasteiger partial charge in [-0.2, -0.15) is 74.6 Å². The predicted molar refractivity (Wildman–Crippen MR) is 216 cm³/mol. The molecule has 7 nitrogen and oxygen atoms in total. The van der Waals surface area contributed by atoms with Crippen LogP contribution in [0, 0.1) is 17.6 Å². The van der Waals surface area contributed by atoms with E-state index in [1.165, 1.54) is 58.0 Å². The van der Waals surface area contributed by atoms with Crippen molar-refractivity contribution in [2.45, 2.75) is 133 Å². The second-order valence-electron chi connectivity index (χ2n) is 16.6. The van der Waals surface area contributed by atoms with Gasteiger partial charge in [0.2, 0.25) is 0 Å². The van der Waals surface area contributed by atoms with E-state index in [1.54, 1.807) is 33.8 Å². The molecular weight excluding hydrogens is 1020 g/mol. The molecule has 0 bridgehead atoms. The van der Waals surface area contributed by atoms with Crippen molar-refractivity contribution < 1.29 is 112 Å². The number of hydrogen-bond donors (Lipinski definition) is 1. The van der Waals surface area contributed by atoms with Gasteiger partial charge >= 0.3 is 59.7 Å². The van der Waals surface area contributed by atoms with Crippen molar-refractivity contribution >= 4 is 26.1 Å². The first kappa shape index (κ1) is 61.4. The molecule has 1 N–H and O–H groups in total. The lowest BCUT2D eigenvalue weighted by molar-refractivity contribution is -0.461. The van der Waals surface area contributed by atoms with Crippen molar-refractivity contribution in [3.8, 4) is 5.75 Å². The van der Waals surface area contributed by atoms with Gasteiger partial charge < -0.3 is 18.6 Å². The van der Waals surface area contributed by atoms with Gasteiger partial charge in [0.1, 0.15) is 30.1 Å². The number of allylic oxidation sites excluding steroid dienone is 2. The molecule has 0 heterocycles. The minimum Gasteiger partial charge on any atom is -0.491 e. The van der Waals surface area contributed by atoms with Gasteiger partial charge in [-0.15, -0.1) is 0 Å². The number of amides is 1. The van der Waals surface area contributed by atoms with E-state index in [0.717, 1.165) is 12.1 Å². The van der Waals surface area contributed by atoms with Crippen molar-refractivity contribution in [3.63, 3.8) is 0 Å². The number of nitrogens with one attached hydrogen (secondary N) is 1. The quantitative estimate of drug-likeness (QED) is 0.0282. The van der Waals surface area contributed by atoms with E-state index in [4.69, 9.17) is 18.6 Å². The smallest absolute Gasteiger partial charge is 0.460 e. The van der Waals surface area contributed by atoms with Crippen LogP contribution < -0.4 is 10.1 Å². The maximum absolute atomic E-state index is 15.0. The normalized spacial score (nSPS) is 15.3. The third-order valence-corrected chi connectivity index (χ3v) is 16.8. The van der Waals surface area contributed by atoms with Crippen molar-refractivity contribution in [3.05, 3.63) is 83.0 Å². The van der Waals surface area contributed by atoms with Crippen molar-refractivity contribution in [1.82, 2.24) is 0 Å². The lowest BCUT2D eigenvalue weighted by atomic mass is 9.88. The van der Waals surface area contributed by atoms with Gasteiger partial charge in [-0.25, -0.2) is 18.4 Å². The second kappa shape index (κ2) is 22.4. The SMILES string of the molecule is CCOC(=O)/C=C(C)/C=C(\C)[C@H](C)[C@H](OC(=O)Nc1ccc(F)cc1F)c1ccc(OCCO[Si](CCC(F)(F)C(F)(F)C(F)(F)C(F)(F)C(F)(F)C(F)(F)C(F)(F)C(F)(F)F)(C(C)C)C(C)C)cc1. The molecule has 0 aliphatic heterocycles. The molecule has 0 unspecified atom stereocenters. The minimum atomic E-state index is -8.72. The standard InChI is InChI=1S/C43H48F19NO6Si/c1-9-66-33(64)21-25(6)20-26(7)27(8)34(69-35(65)63-32-15-12-29(44)22-31(32)45)28-10-13-30(14-11-28)67-17-18-68-70(23(2)3,24(4)5)19-16-36(46,47)37(48,49)38(50,51)39(52,53)40(54,55)41(56,57)42(58,59)43(60,61)62/h10-15,20-24,27,34H,9,16-19H2,1-8H3,(H,63,65)/b25-21+,26-20+/t27-,34-/m0/s1. The Morgan fingerprint density at radius 2 is 1.17 bits per heavy atom. The van der Waals surface area contributed by atoms with Crippen LogP contribution in [-0.2, 0) is 18.7 Å². The molecule has 70 heavy (non-hydrogen) atoms. The van der Waals surface area contributed by atoms with Crippen LogP contribution in [-0.4, -0.2) is 87.8 Å². The van der Waals surface area contributed by atoms with Gasteiger partial charge in [-0.05, 0) is 73.3 Å². The molecule has 0 radical (unpaired) electrons. The average Bonchev–Trinajstić information content (AvgIpc) is 3.22. The maximum atomic E-state index is 15.0. The fraction of sp³-hybridized carbons (Fsp3) is 0.581. The zero-order chi connectivity index (χ0) is 54.4. The van der Waals surface area contributed by atoms with E-state index in [0.29, 0.717) is 17.2 Å². The number of anilines is 1. The number of benzene rings is 2. The number of esters is 1. The monoisotopic (exact) mass is 1060 g/mol. The molecule has 0 saturated heterocycles. The summed E-state index contributed by atoms with van der Waals surface area (Å²) in [7, 11) is -4.07. The summed E-state index contributed by atoms with van der Waals surface area (Å²) in [5.74, 6) is -60.3. The zero-order valence-electron chi connectivity index (χ0n) is 38.2. The third-order valence-electron chi connectivity index (χ3n) is 11.2. The number of carbonyl (C=O) groups is 2. The summed E-state index contributed by atoms with van der Waals surface area (Å²) in [6.45, 7) is 10.7. The van der Waals surface area contributed by atoms with E-state index in [9.17, 15) is 84.2 Å². The Bertz CT molecular complexity index is 2150. The molecule has 0 aliphatic rings. The Hall–Kier alpha value is -4.69. The molecule has 0 aromatic heterocycles. The summed E-state index contributed by atoms with van der Waals surface area (Å²) < 4.78 is 286. The van der Waals surface area contributed by atoms with Crippen LogP contribution in [0.15, 0.2) is 65.8 Å². The molecule has 0 fully saturated rings. The number of halogens is 19. The Labute approximate surface area is 389 Å². The van der Waals surface area contributed by atoms with E-state index in [1.807, 2.05) is 0 Å². The first-order valence-electron chi connectivity index (χ1n) is 20.7. The van der Waals surface area contributed by atoms with Gasteiger partial charge in [0, 0.05) is 24.5 Å². The third kappa shape index (κ3) is 12.7. The summed E-state index contributed by atoms with van der Waals surface area (Å²) in [5.41, 5.74) is -1.00. The molecule has 0 spiro atoms. The van der Waals surface area contributed by atoms with Gasteiger partial charge in [0.05, 0.1) is 18.9 Å². The summed E-state index contributed by atoms with van der Waals surface area (Å²) in [4.78, 5) is 25.0. The first-order chi connectivity index (χ1) is 31.6. The second-order valence-corrected chi connectivity index (χ2v) is 21.6. The largest absolute Gasteiger partial charge is 0.491 e. The van der Waals surface area contributed by atoms with E-state index >= 15 is 8.78 Å². The summed E-state index contributed by atoms with van der Waals surface area (Å²) >= 11 is 0. The minimum absolute atomic E-state index is 0.0446. The van der Waals surface area contributed by atoms with Crippen molar-refractivity contribution in [2.75, 3.05) is 25.1 Å². The topological polar surface area (TPSA) is 83.1 Å². The van der Waals surface area contributed by atoms with Crippen LogP contribution in [0.1, 0.15) is 73.5 Å². The van der Waals surface area contributed by atoms with Crippen molar-refractivity contribution in [2.24, 2.45) is 5.92 Å². The Morgan fingerprint density at radius 3 is 1.64 bits per heavy atom. The molecule has 0 aliphatic carbocycles. The van der Waals surface area contributed by atoms with Gasteiger partial charge in [-0.3, -0.25) is 5.32 Å². The number of hydrogen-bond acceptors (Lipinski definition) is 6. The Balaban J connectivity index is 2.37. The van der Waals surface area contributed by atoms with Gasteiger partial charge in [-0.1, -0.05) is 58.4 Å². The molecule has 2 aromatic rings. The molecule has 27 heteroatoms. The maximum Gasteiger partial charge on any atom is 0.460 e. The Kier molecular flexibility index (Phi) is 19.6. The number of rotatable bonds is 24. The summed E-state index contributed by atoms with van der Waals surface area (Å²) in [5, 5.41) is 2.16. The van der Waals surface area contributed by atoms with Gasteiger partial charge in [0.25, 0.3) is 0 Å². The van der Waals surface area contributed by atoms with Crippen LogP contribution in [0.2, 0.25) is 17.1 Å². The zero-order valence-corrected chi connectivity index (χ0v) is 39.2. The molecule has 2 aromatic carbocycles. The van der Waals surface area contributed by atoms with E-state index < -0.39 is 134 Å². The fourth-order valence-electron chi connectivity index (χ4n) is 6.95. The highest BCUT2D eigenvalue weighted by Crippen LogP contribution is 2.64. The molecular formula is C43H48F19NO6Si. The molecule has 1 amide bonds. The number of ether oxygens (including phenoxy) is 3. The molecule has 2 rings (SSSR count). The molecule has 0 saturated carbocycles. The molecule has 398 valence electrons. The highest BCUT2D eigenvalue weighted by atomic mass is 28.4. The van der Waals surface area contributed by atoms with Crippen LogP contribution >= 0.6 is 0 Å². The van der Waals surface area contributed by atoms with Crippen molar-refractivity contribution in [1.29, 1.82) is 0 Å².